The lowest BCUT2D eigenvalue weighted by atomic mass is 9.93. The molecule has 0 saturated carbocycles. The fourth-order valence-corrected chi connectivity index (χ4v) is 5.32. The van der Waals surface area contributed by atoms with Crippen molar-refractivity contribution in [3.8, 4) is 34.3 Å². The summed E-state index contributed by atoms with van der Waals surface area (Å²) in [5, 5.41) is 19.0. The first-order valence-electron chi connectivity index (χ1n) is 12.0. The number of nitrogens with one attached hydrogen (secondary N) is 1. The van der Waals surface area contributed by atoms with Gasteiger partial charge in [0, 0.05) is 22.7 Å². The number of ether oxygens (including phenoxy) is 3. The molecular formula is C29H28ClN3O5. The summed E-state index contributed by atoms with van der Waals surface area (Å²) >= 11 is 6.50. The van der Waals surface area contributed by atoms with Gasteiger partial charge in [-0.25, -0.2) is 0 Å². The fraction of sp³-hybridized carbons (Fsp3) is 0.241. The molecule has 0 radical (unpaired) electrons. The Hall–Kier alpha value is -4.17. The quantitative estimate of drug-likeness (QED) is 0.310. The maximum absolute atomic E-state index is 13.9. The summed E-state index contributed by atoms with van der Waals surface area (Å²) in [7, 11) is 4.63. The first-order chi connectivity index (χ1) is 18.3. The van der Waals surface area contributed by atoms with Crippen molar-refractivity contribution in [2.45, 2.75) is 26.4 Å². The number of amides is 1. The predicted octanol–water partition coefficient (Wildman–Crippen LogP) is 5.82. The molecule has 9 heteroatoms. The molecule has 1 atom stereocenters. The molecule has 0 spiro atoms. The maximum atomic E-state index is 13.9. The molecule has 5 rings (SSSR count). The second-order valence-corrected chi connectivity index (χ2v) is 9.63. The minimum absolute atomic E-state index is 0.116. The van der Waals surface area contributed by atoms with Crippen LogP contribution < -0.4 is 14.2 Å². The number of methoxy groups -OCH3 is 3. The Morgan fingerprint density at radius 2 is 1.71 bits per heavy atom. The Morgan fingerprint density at radius 3 is 2.34 bits per heavy atom. The van der Waals surface area contributed by atoms with Crippen molar-refractivity contribution in [2.24, 2.45) is 0 Å². The van der Waals surface area contributed by atoms with E-state index in [4.69, 9.17) is 25.8 Å². The number of aromatic nitrogens is 2. The number of carbonyl (C=O) groups is 1. The highest BCUT2D eigenvalue weighted by molar-refractivity contribution is 6.31. The molecule has 1 aliphatic rings. The number of halogens is 1. The van der Waals surface area contributed by atoms with Gasteiger partial charge >= 0.3 is 0 Å². The third-order valence-corrected chi connectivity index (χ3v) is 7.23. The molecule has 4 aromatic rings. The molecular weight excluding hydrogens is 506 g/mol. The van der Waals surface area contributed by atoms with Gasteiger partial charge in [0.05, 0.1) is 27.4 Å². The summed E-state index contributed by atoms with van der Waals surface area (Å²) in [6.07, 6.45) is 0. The molecule has 2 heterocycles. The number of phenolic OH excluding ortho intramolecular Hbond substituents is 1. The molecule has 196 valence electrons. The number of H-pyrrole nitrogens is 1. The lowest BCUT2D eigenvalue weighted by molar-refractivity contribution is 0.0729. The number of phenols is 1. The molecule has 0 fully saturated rings. The predicted molar refractivity (Wildman–Crippen MR) is 144 cm³/mol. The Kier molecular flexibility index (Phi) is 6.67. The van der Waals surface area contributed by atoms with Crippen LogP contribution in [0.1, 0.15) is 44.3 Å². The summed E-state index contributed by atoms with van der Waals surface area (Å²) in [4.78, 5) is 15.6. The van der Waals surface area contributed by atoms with Crippen LogP contribution in [-0.2, 0) is 6.54 Å². The summed E-state index contributed by atoms with van der Waals surface area (Å²) < 4.78 is 16.8. The highest BCUT2D eigenvalue weighted by Crippen LogP contribution is 2.49. The van der Waals surface area contributed by atoms with Crippen molar-refractivity contribution in [1.29, 1.82) is 0 Å². The van der Waals surface area contributed by atoms with Gasteiger partial charge in [-0.05, 0) is 60.4 Å². The lowest BCUT2D eigenvalue weighted by Gasteiger charge is -2.28. The van der Waals surface area contributed by atoms with E-state index in [1.165, 1.54) is 7.11 Å². The molecule has 1 unspecified atom stereocenters. The average molecular weight is 534 g/mol. The number of benzene rings is 3. The fourth-order valence-electron chi connectivity index (χ4n) is 5.12. The highest BCUT2D eigenvalue weighted by atomic mass is 35.5. The van der Waals surface area contributed by atoms with Gasteiger partial charge in [-0.1, -0.05) is 35.9 Å². The second kappa shape index (κ2) is 9.95. The lowest BCUT2D eigenvalue weighted by Crippen LogP contribution is -2.29. The third-order valence-electron chi connectivity index (χ3n) is 6.87. The number of carbonyl (C=O) groups excluding carboxylic acids is 1. The topological polar surface area (TPSA) is 96.9 Å². The Labute approximate surface area is 225 Å². The van der Waals surface area contributed by atoms with Gasteiger partial charge in [0.1, 0.15) is 17.1 Å². The number of aromatic hydroxyl groups is 1. The van der Waals surface area contributed by atoms with Gasteiger partial charge in [0.15, 0.2) is 11.5 Å². The summed E-state index contributed by atoms with van der Waals surface area (Å²) in [5.74, 6) is 1.24. The zero-order chi connectivity index (χ0) is 27.1. The van der Waals surface area contributed by atoms with Crippen LogP contribution >= 0.6 is 11.6 Å². The van der Waals surface area contributed by atoms with E-state index in [9.17, 15) is 9.90 Å². The summed E-state index contributed by atoms with van der Waals surface area (Å²) in [6, 6.07) is 14.3. The van der Waals surface area contributed by atoms with Gasteiger partial charge in [-0.15, -0.1) is 0 Å². The number of hydrogen-bond donors (Lipinski definition) is 2. The summed E-state index contributed by atoms with van der Waals surface area (Å²) in [6.45, 7) is 4.04. The highest BCUT2D eigenvalue weighted by Gasteiger charge is 2.43. The summed E-state index contributed by atoms with van der Waals surface area (Å²) in [5.41, 5.74) is 5.26. The molecule has 3 aromatic carbocycles. The Bertz CT molecular complexity index is 1520. The zero-order valence-electron chi connectivity index (χ0n) is 21.8. The molecule has 1 aliphatic heterocycles. The van der Waals surface area contributed by atoms with Crippen molar-refractivity contribution >= 4 is 17.5 Å². The average Bonchev–Trinajstić information content (AvgIpc) is 3.45. The smallest absolute Gasteiger partial charge is 0.273 e. The van der Waals surface area contributed by atoms with Crippen LogP contribution in [0.4, 0.5) is 0 Å². The Morgan fingerprint density at radius 1 is 1.03 bits per heavy atom. The molecule has 0 bridgehead atoms. The van der Waals surface area contributed by atoms with E-state index >= 15 is 0 Å². The number of fused-ring (bicyclic) bond motifs is 1. The van der Waals surface area contributed by atoms with Crippen molar-refractivity contribution in [2.75, 3.05) is 21.3 Å². The van der Waals surface area contributed by atoms with E-state index in [1.807, 2.05) is 56.3 Å². The van der Waals surface area contributed by atoms with Crippen molar-refractivity contribution in [3.05, 3.63) is 87.1 Å². The molecule has 38 heavy (non-hydrogen) atoms. The van der Waals surface area contributed by atoms with E-state index in [2.05, 4.69) is 10.2 Å². The number of nitrogens with zero attached hydrogens (tertiary/aromatic N) is 2. The normalized spacial score (nSPS) is 14.5. The van der Waals surface area contributed by atoms with Crippen LogP contribution in [0.15, 0.2) is 48.5 Å². The number of aromatic amines is 1. The molecule has 8 nitrogen and oxygen atoms in total. The maximum Gasteiger partial charge on any atom is 0.273 e. The number of hydrogen-bond acceptors (Lipinski definition) is 6. The van der Waals surface area contributed by atoms with E-state index in [0.717, 1.165) is 22.3 Å². The monoisotopic (exact) mass is 533 g/mol. The first-order valence-corrected chi connectivity index (χ1v) is 12.4. The van der Waals surface area contributed by atoms with Crippen LogP contribution in [0.3, 0.4) is 0 Å². The van der Waals surface area contributed by atoms with Gasteiger partial charge in [-0.3, -0.25) is 9.89 Å². The molecule has 2 N–H and O–H groups in total. The molecule has 0 aliphatic carbocycles. The molecule has 1 aromatic heterocycles. The second-order valence-electron chi connectivity index (χ2n) is 9.22. The zero-order valence-corrected chi connectivity index (χ0v) is 22.5. The molecule has 1 amide bonds. The van der Waals surface area contributed by atoms with Crippen LogP contribution in [0.25, 0.3) is 11.3 Å². The molecule has 0 saturated heterocycles. The van der Waals surface area contributed by atoms with Crippen LogP contribution in [0, 0.1) is 13.8 Å². The van der Waals surface area contributed by atoms with Gasteiger partial charge in [0.25, 0.3) is 5.91 Å². The SMILES string of the molecule is COc1cc(C2c3c(-c4cc(C)cc(C)c4O)n[nH]c3C(=O)N2Cc2ccccc2Cl)cc(OC)c1OC. The number of rotatable bonds is 7. The van der Waals surface area contributed by atoms with Gasteiger partial charge in [-0.2, -0.15) is 5.10 Å². The van der Waals surface area contributed by atoms with Crippen molar-refractivity contribution < 1.29 is 24.1 Å². The van der Waals surface area contributed by atoms with E-state index < -0.39 is 6.04 Å². The van der Waals surface area contributed by atoms with Crippen molar-refractivity contribution in [3.63, 3.8) is 0 Å². The number of aryl methyl sites for hydroxylation is 2. The standard InChI is InChI=1S/C29H28ClN3O5/c1-15-10-16(2)27(34)19(11-15)24-23-25(32-31-24)29(35)33(14-17-8-6-7-9-20(17)30)26(23)18-12-21(36-3)28(38-5)22(13-18)37-4/h6-13,26,34H,14H2,1-5H3,(H,31,32). The Balaban J connectivity index is 1.76. The first kappa shape index (κ1) is 25.5. The largest absolute Gasteiger partial charge is 0.507 e. The van der Waals surface area contributed by atoms with E-state index in [1.54, 1.807) is 25.2 Å². The minimum Gasteiger partial charge on any atom is -0.507 e. The van der Waals surface area contributed by atoms with E-state index in [0.29, 0.717) is 44.8 Å². The van der Waals surface area contributed by atoms with Crippen LogP contribution in [0.2, 0.25) is 5.02 Å². The van der Waals surface area contributed by atoms with Crippen LogP contribution in [-0.4, -0.2) is 47.4 Å². The third kappa shape index (κ3) is 4.11. The van der Waals surface area contributed by atoms with Crippen molar-refractivity contribution in [1.82, 2.24) is 15.1 Å². The van der Waals surface area contributed by atoms with Crippen LogP contribution in [0.5, 0.6) is 23.0 Å². The van der Waals surface area contributed by atoms with E-state index in [-0.39, 0.29) is 18.2 Å². The minimum atomic E-state index is -0.587. The van der Waals surface area contributed by atoms with Gasteiger partial charge < -0.3 is 24.2 Å². The van der Waals surface area contributed by atoms with Gasteiger partial charge in [0.2, 0.25) is 5.75 Å².